The number of fused-ring (bicyclic) bond motifs is 5. The second-order valence-corrected chi connectivity index (χ2v) is 13.0. The molecule has 0 aromatic carbocycles. The minimum absolute atomic E-state index is 0.242. The maximum atomic E-state index is 12.3. The van der Waals surface area contributed by atoms with Crippen LogP contribution < -0.4 is 10.6 Å². The Kier molecular flexibility index (Phi) is 6.58. The number of amides is 1. The topological polar surface area (TPSA) is 79.8 Å². The summed E-state index contributed by atoms with van der Waals surface area (Å²) in [5.74, 6) is 4.41. The van der Waals surface area contributed by atoms with Gasteiger partial charge in [0.1, 0.15) is 5.78 Å². The molecular weight excluding hydrogens is 426 g/mol. The van der Waals surface area contributed by atoms with Crippen LogP contribution in [0.25, 0.3) is 0 Å². The van der Waals surface area contributed by atoms with Gasteiger partial charge in [-0.2, -0.15) is 0 Å². The Bertz CT molecular complexity index is 843. The molecule has 0 spiro atoms. The predicted molar refractivity (Wildman–Crippen MR) is 133 cm³/mol. The van der Waals surface area contributed by atoms with Gasteiger partial charge in [0.25, 0.3) is 0 Å². The van der Waals surface area contributed by atoms with E-state index in [4.69, 9.17) is 4.84 Å². The van der Waals surface area contributed by atoms with Gasteiger partial charge in [-0.25, -0.2) is 4.79 Å². The van der Waals surface area contributed by atoms with Crippen molar-refractivity contribution in [3.63, 3.8) is 0 Å². The Morgan fingerprint density at radius 1 is 1.12 bits per heavy atom. The first-order valence-electron chi connectivity index (χ1n) is 13.9. The monoisotopic (exact) mass is 471 g/mol. The van der Waals surface area contributed by atoms with Crippen LogP contribution in [0.2, 0.25) is 0 Å². The van der Waals surface area contributed by atoms with Crippen molar-refractivity contribution < 1.29 is 14.4 Å². The average Bonchev–Trinajstić information content (AvgIpc) is 3.39. The Labute approximate surface area is 205 Å². The fourth-order valence-corrected chi connectivity index (χ4v) is 9.32. The lowest BCUT2D eigenvalue weighted by molar-refractivity contribution is -0.138. The number of ketones is 1. The summed E-state index contributed by atoms with van der Waals surface area (Å²) >= 11 is 0. The molecule has 2 N–H and O–H groups in total. The number of carbonyl (C=O) groups excluding carboxylic acids is 2. The third kappa shape index (κ3) is 4.22. The number of oxime groups is 1. The third-order valence-corrected chi connectivity index (χ3v) is 11.2. The summed E-state index contributed by atoms with van der Waals surface area (Å²) in [6.45, 7) is 10.9. The van der Waals surface area contributed by atoms with Crippen LogP contribution in [0, 0.1) is 46.3 Å². The van der Waals surface area contributed by atoms with Crippen molar-refractivity contribution in [2.75, 3.05) is 13.1 Å². The van der Waals surface area contributed by atoms with Crippen LogP contribution in [-0.4, -0.2) is 36.7 Å². The van der Waals surface area contributed by atoms with E-state index in [0.29, 0.717) is 41.5 Å². The molecule has 6 nitrogen and oxygen atoms in total. The Balaban J connectivity index is 1.21. The highest BCUT2D eigenvalue weighted by Gasteiger charge is 2.60. The first-order chi connectivity index (χ1) is 16.2. The highest BCUT2D eigenvalue weighted by atomic mass is 16.7. The van der Waals surface area contributed by atoms with Gasteiger partial charge < -0.3 is 10.6 Å². The van der Waals surface area contributed by atoms with Crippen molar-refractivity contribution >= 4 is 17.6 Å². The summed E-state index contributed by atoms with van der Waals surface area (Å²) in [6, 6.07) is 0.330. The highest BCUT2D eigenvalue weighted by Crippen LogP contribution is 2.67. The van der Waals surface area contributed by atoms with Crippen molar-refractivity contribution in [2.24, 2.45) is 51.5 Å². The molecule has 1 saturated heterocycles. The molecule has 1 amide bonds. The molecule has 34 heavy (non-hydrogen) atoms. The minimum Gasteiger partial charge on any atom is -0.318 e. The molecule has 0 aromatic heterocycles. The predicted octanol–water partition coefficient (Wildman–Crippen LogP) is 5.31. The molecule has 4 aliphatic carbocycles. The lowest BCUT2D eigenvalue weighted by Gasteiger charge is -2.60. The molecule has 5 aliphatic rings. The zero-order chi connectivity index (χ0) is 24.1. The molecule has 0 bridgehead atoms. The normalized spacial score (nSPS) is 46.4. The zero-order valence-electron chi connectivity index (χ0n) is 21.7. The van der Waals surface area contributed by atoms with Gasteiger partial charge in [0.05, 0.1) is 5.71 Å². The molecule has 5 rings (SSSR count). The van der Waals surface area contributed by atoms with Gasteiger partial charge in [-0.15, -0.1) is 0 Å². The van der Waals surface area contributed by atoms with E-state index in [2.05, 4.69) is 43.5 Å². The Morgan fingerprint density at radius 3 is 2.68 bits per heavy atom. The van der Waals surface area contributed by atoms with Gasteiger partial charge in [-0.05, 0) is 105 Å². The largest absolute Gasteiger partial charge is 0.433 e. The summed E-state index contributed by atoms with van der Waals surface area (Å²) in [6.07, 6.45) is 10.8. The first-order valence-corrected chi connectivity index (χ1v) is 13.9. The van der Waals surface area contributed by atoms with Crippen LogP contribution in [0.1, 0.15) is 91.9 Å². The van der Waals surface area contributed by atoms with Gasteiger partial charge in [-0.3, -0.25) is 9.63 Å². The molecule has 6 heteroatoms. The van der Waals surface area contributed by atoms with Crippen molar-refractivity contribution in [3.05, 3.63) is 0 Å². The fraction of sp³-hybridized carbons (Fsp3) is 0.893. The van der Waals surface area contributed by atoms with Crippen LogP contribution in [0.4, 0.5) is 4.79 Å². The lowest BCUT2D eigenvalue weighted by atomic mass is 9.44. The fourth-order valence-electron chi connectivity index (χ4n) is 9.32. The van der Waals surface area contributed by atoms with E-state index >= 15 is 0 Å². The maximum Gasteiger partial charge on any atom is 0.433 e. The van der Waals surface area contributed by atoms with E-state index in [1.165, 1.54) is 32.1 Å². The van der Waals surface area contributed by atoms with Gasteiger partial charge in [-0.1, -0.05) is 25.9 Å². The van der Waals surface area contributed by atoms with Crippen LogP contribution >= 0.6 is 0 Å². The summed E-state index contributed by atoms with van der Waals surface area (Å²) in [5.41, 5.74) is 1.58. The van der Waals surface area contributed by atoms with Crippen molar-refractivity contribution in [2.45, 2.75) is 97.9 Å². The van der Waals surface area contributed by atoms with E-state index < -0.39 is 6.09 Å². The lowest BCUT2D eigenvalue weighted by Crippen LogP contribution is -2.53. The summed E-state index contributed by atoms with van der Waals surface area (Å²) in [7, 11) is 0. The average molecular weight is 472 g/mol. The maximum absolute atomic E-state index is 12.3. The summed E-state index contributed by atoms with van der Waals surface area (Å²) in [4.78, 5) is 29.7. The number of nitrogens with zero attached hydrogens (tertiary/aromatic N) is 1. The van der Waals surface area contributed by atoms with Crippen molar-refractivity contribution in [1.82, 2.24) is 10.6 Å². The number of Topliss-reactive ketones (excluding diaryl/α,β-unsaturated/α-hetero) is 1. The highest BCUT2D eigenvalue weighted by molar-refractivity contribution is 5.85. The number of nitrogens with one attached hydrogen (secondary N) is 2. The summed E-state index contributed by atoms with van der Waals surface area (Å²) < 4.78 is 0. The smallest absolute Gasteiger partial charge is 0.318 e. The van der Waals surface area contributed by atoms with Crippen LogP contribution in [0.15, 0.2) is 5.16 Å². The molecule has 2 unspecified atom stereocenters. The molecule has 0 aromatic rings. The molecule has 9 atom stereocenters. The second-order valence-electron chi connectivity index (χ2n) is 13.0. The quantitative estimate of drug-likeness (QED) is 0.331. The number of hydrogen-bond acceptors (Lipinski definition) is 5. The van der Waals surface area contributed by atoms with Crippen LogP contribution in [-0.2, 0) is 9.63 Å². The Morgan fingerprint density at radius 2 is 1.91 bits per heavy atom. The minimum atomic E-state index is -0.442. The van der Waals surface area contributed by atoms with E-state index in [1.807, 2.05) is 0 Å². The third-order valence-electron chi connectivity index (χ3n) is 11.2. The van der Waals surface area contributed by atoms with Gasteiger partial charge in [0.2, 0.25) is 0 Å². The van der Waals surface area contributed by atoms with E-state index in [9.17, 15) is 9.59 Å². The SMILES string of the molecule is C/C(=N\OC(=O)NCC1CC(C)CN1)[C@H]1CC[C@H]2[C@@H]3CC[C@H]4CC(=O)CC[C@]4(C)[C@H]3CC[C@]12C. The van der Waals surface area contributed by atoms with Crippen LogP contribution in [0.3, 0.4) is 0 Å². The van der Waals surface area contributed by atoms with E-state index in [1.54, 1.807) is 0 Å². The standard InChI is InChI=1S/C28H45N3O3/c1-17-13-20(29-15-17)16-30-26(33)34-31-18(2)23-7-8-24-22-6-5-19-14-21(32)9-11-27(19,3)25(22)10-12-28(23,24)4/h17,19-20,22-25,29H,5-16H2,1-4H3,(H,30,33)/b31-18+/t17?,19-,20?,22-,23+,24-,25-,27-,28+/m0/s1. The molecular formula is C28H45N3O3. The second kappa shape index (κ2) is 9.22. The molecule has 190 valence electrons. The van der Waals surface area contributed by atoms with Crippen molar-refractivity contribution in [1.29, 1.82) is 0 Å². The molecule has 0 radical (unpaired) electrons. The zero-order valence-corrected chi connectivity index (χ0v) is 21.7. The van der Waals surface area contributed by atoms with E-state index in [0.717, 1.165) is 62.1 Å². The van der Waals surface area contributed by atoms with Gasteiger partial charge in [0, 0.05) is 31.3 Å². The Hall–Kier alpha value is -1.43. The molecule has 1 aliphatic heterocycles. The number of hydrogen-bond donors (Lipinski definition) is 2. The van der Waals surface area contributed by atoms with E-state index in [-0.39, 0.29) is 5.41 Å². The molecule has 4 saturated carbocycles. The molecule has 5 fully saturated rings. The van der Waals surface area contributed by atoms with Crippen molar-refractivity contribution in [3.8, 4) is 0 Å². The van der Waals surface area contributed by atoms with Gasteiger partial charge >= 0.3 is 6.09 Å². The molecule has 1 heterocycles. The summed E-state index contributed by atoms with van der Waals surface area (Å²) in [5, 5.41) is 10.6. The number of rotatable bonds is 4. The first kappa shape index (κ1) is 24.3. The number of carbonyl (C=O) groups is 2. The van der Waals surface area contributed by atoms with Gasteiger partial charge in [0.15, 0.2) is 0 Å². The van der Waals surface area contributed by atoms with Crippen LogP contribution in [0.5, 0.6) is 0 Å².